The molecule has 0 aliphatic rings. The highest BCUT2D eigenvalue weighted by Crippen LogP contribution is 2.24. The molecule has 3 aromatic rings. The van der Waals surface area contributed by atoms with Crippen molar-refractivity contribution < 1.29 is 9.18 Å². The maximum Gasteiger partial charge on any atom is 0.237 e. The van der Waals surface area contributed by atoms with Gasteiger partial charge in [-0.1, -0.05) is 35.5 Å². The number of hydrogen-bond acceptors (Lipinski definition) is 5. The number of thioether (sulfide) groups is 1. The lowest BCUT2D eigenvalue weighted by atomic mass is 10.3. The predicted molar refractivity (Wildman–Crippen MR) is 94.5 cm³/mol. The van der Waals surface area contributed by atoms with Gasteiger partial charge in [0.25, 0.3) is 0 Å². The average Bonchev–Trinajstić information content (AvgIpc) is 3.03. The molecular formula is C16H13ClFN5OS. The van der Waals surface area contributed by atoms with E-state index in [9.17, 15) is 9.18 Å². The van der Waals surface area contributed by atoms with Crippen LogP contribution in [0.25, 0.3) is 5.69 Å². The Morgan fingerprint density at radius 1 is 1.28 bits per heavy atom. The molecule has 0 saturated heterocycles. The third kappa shape index (κ3) is 4.34. The summed E-state index contributed by atoms with van der Waals surface area (Å²) >= 11 is 7.08. The van der Waals surface area contributed by atoms with Gasteiger partial charge in [0.2, 0.25) is 11.1 Å². The number of anilines is 1. The molecule has 9 heteroatoms. The molecule has 25 heavy (non-hydrogen) atoms. The van der Waals surface area contributed by atoms with Crippen molar-refractivity contribution in [3.63, 3.8) is 0 Å². The first-order valence-corrected chi connectivity index (χ1v) is 8.56. The molecule has 1 amide bonds. The molecule has 0 aliphatic carbocycles. The highest BCUT2D eigenvalue weighted by Gasteiger charge is 2.19. The summed E-state index contributed by atoms with van der Waals surface area (Å²) < 4.78 is 14.8. The fraction of sp³-hybridized carbons (Fsp3) is 0.125. The third-order valence-corrected chi connectivity index (χ3v) is 4.51. The van der Waals surface area contributed by atoms with Gasteiger partial charge >= 0.3 is 0 Å². The summed E-state index contributed by atoms with van der Waals surface area (Å²) in [4.78, 5) is 12.3. The van der Waals surface area contributed by atoms with Crippen molar-refractivity contribution in [1.82, 2.24) is 20.2 Å². The van der Waals surface area contributed by atoms with Crippen LogP contribution in [-0.4, -0.2) is 31.4 Å². The maximum absolute atomic E-state index is 13.4. The fourth-order valence-corrected chi connectivity index (χ4v) is 3.04. The van der Waals surface area contributed by atoms with Crippen LogP contribution in [0.15, 0.2) is 53.7 Å². The van der Waals surface area contributed by atoms with Crippen LogP contribution in [-0.2, 0) is 4.79 Å². The summed E-state index contributed by atoms with van der Waals surface area (Å²) in [6.45, 7) is 1.73. The number of rotatable bonds is 5. The van der Waals surface area contributed by atoms with Crippen molar-refractivity contribution in [3.8, 4) is 5.69 Å². The molecule has 0 bridgehead atoms. The van der Waals surface area contributed by atoms with E-state index in [1.807, 2.05) is 0 Å². The van der Waals surface area contributed by atoms with Crippen molar-refractivity contribution in [3.05, 3.63) is 59.4 Å². The Morgan fingerprint density at radius 2 is 2.08 bits per heavy atom. The van der Waals surface area contributed by atoms with Gasteiger partial charge in [-0.05, 0) is 53.7 Å². The van der Waals surface area contributed by atoms with Crippen molar-refractivity contribution in [1.29, 1.82) is 0 Å². The average molecular weight is 378 g/mol. The van der Waals surface area contributed by atoms with Gasteiger partial charge in [0.1, 0.15) is 5.82 Å². The summed E-state index contributed by atoms with van der Waals surface area (Å²) in [5.74, 6) is -0.614. The Balaban J connectivity index is 1.72. The largest absolute Gasteiger partial charge is 0.325 e. The van der Waals surface area contributed by atoms with Gasteiger partial charge in [0.05, 0.1) is 10.9 Å². The Kier molecular flexibility index (Phi) is 5.30. The van der Waals surface area contributed by atoms with Gasteiger partial charge < -0.3 is 5.32 Å². The minimum atomic E-state index is -0.475. The molecule has 0 unspecified atom stereocenters. The normalized spacial score (nSPS) is 12.0. The van der Waals surface area contributed by atoms with Crippen LogP contribution >= 0.6 is 23.4 Å². The molecule has 1 atom stereocenters. The number of hydrogen-bond donors (Lipinski definition) is 1. The molecule has 0 radical (unpaired) electrons. The topological polar surface area (TPSA) is 72.7 Å². The summed E-state index contributed by atoms with van der Waals surface area (Å²) in [5, 5.41) is 14.6. The van der Waals surface area contributed by atoms with E-state index in [1.165, 1.54) is 28.6 Å². The molecule has 1 N–H and O–H groups in total. The van der Waals surface area contributed by atoms with Crippen LogP contribution in [0.4, 0.5) is 10.1 Å². The zero-order chi connectivity index (χ0) is 17.8. The Hall–Kier alpha value is -2.45. The second-order valence-corrected chi connectivity index (χ2v) is 6.86. The SMILES string of the molecule is C[C@H](Sc1nnnn1-c1cccc(F)c1)C(=O)Nc1cccc(Cl)c1. The van der Waals surface area contributed by atoms with Crippen LogP contribution in [0.2, 0.25) is 5.02 Å². The summed E-state index contributed by atoms with van der Waals surface area (Å²) in [6, 6.07) is 12.8. The molecular weight excluding hydrogens is 365 g/mol. The van der Waals surface area contributed by atoms with E-state index in [0.717, 1.165) is 0 Å². The van der Waals surface area contributed by atoms with Crippen molar-refractivity contribution in [2.24, 2.45) is 0 Å². The molecule has 0 saturated carbocycles. The van der Waals surface area contributed by atoms with Gasteiger partial charge in [-0.25, -0.2) is 4.39 Å². The van der Waals surface area contributed by atoms with E-state index < -0.39 is 11.1 Å². The number of benzene rings is 2. The van der Waals surface area contributed by atoms with Crippen LogP contribution in [0.3, 0.4) is 0 Å². The number of tetrazole rings is 1. The molecule has 1 heterocycles. The van der Waals surface area contributed by atoms with Crippen molar-refractivity contribution in [2.75, 3.05) is 5.32 Å². The van der Waals surface area contributed by atoms with Crippen molar-refractivity contribution >= 4 is 35.0 Å². The minimum absolute atomic E-state index is 0.221. The van der Waals surface area contributed by atoms with E-state index >= 15 is 0 Å². The molecule has 3 rings (SSSR count). The molecule has 0 aliphatic heterocycles. The third-order valence-electron chi connectivity index (χ3n) is 3.24. The van der Waals surface area contributed by atoms with E-state index in [0.29, 0.717) is 21.6 Å². The summed E-state index contributed by atoms with van der Waals surface area (Å²) in [5.41, 5.74) is 1.09. The zero-order valence-corrected chi connectivity index (χ0v) is 14.6. The Morgan fingerprint density at radius 3 is 2.84 bits per heavy atom. The number of nitrogens with one attached hydrogen (secondary N) is 1. The van der Waals surface area contributed by atoms with E-state index in [2.05, 4.69) is 20.8 Å². The number of amides is 1. The van der Waals surface area contributed by atoms with E-state index in [-0.39, 0.29) is 5.91 Å². The Bertz CT molecular complexity index is 903. The molecule has 0 spiro atoms. The van der Waals surface area contributed by atoms with Crippen LogP contribution in [0.5, 0.6) is 0 Å². The van der Waals surface area contributed by atoms with Gasteiger partial charge in [0, 0.05) is 10.7 Å². The number of carbonyl (C=O) groups is 1. The highest BCUT2D eigenvalue weighted by molar-refractivity contribution is 8.00. The van der Waals surface area contributed by atoms with Crippen molar-refractivity contribution in [2.45, 2.75) is 17.3 Å². The lowest BCUT2D eigenvalue weighted by molar-refractivity contribution is -0.115. The lowest BCUT2D eigenvalue weighted by Crippen LogP contribution is -2.22. The van der Waals surface area contributed by atoms with Gasteiger partial charge in [0.15, 0.2) is 0 Å². The zero-order valence-electron chi connectivity index (χ0n) is 13.1. The lowest BCUT2D eigenvalue weighted by Gasteiger charge is -2.12. The molecule has 1 aromatic heterocycles. The second-order valence-electron chi connectivity index (χ2n) is 5.11. The quantitative estimate of drug-likeness (QED) is 0.688. The first-order valence-electron chi connectivity index (χ1n) is 7.30. The Labute approximate surface area is 152 Å². The second kappa shape index (κ2) is 7.62. The molecule has 0 fully saturated rings. The summed E-state index contributed by atoms with van der Waals surface area (Å²) in [7, 11) is 0. The summed E-state index contributed by atoms with van der Waals surface area (Å²) in [6.07, 6.45) is 0. The van der Waals surface area contributed by atoms with Crippen LogP contribution < -0.4 is 5.32 Å². The first-order chi connectivity index (χ1) is 12.0. The highest BCUT2D eigenvalue weighted by atomic mass is 35.5. The van der Waals surface area contributed by atoms with Gasteiger partial charge in [-0.15, -0.1) is 5.10 Å². The minimum Gasteiger partial charge on any atom is -0.325 e. The monoisotopic (exact) mass is 377 g/mol. The van der Waals surface area contributed by atoms with Crippen LogP contribution in [0.1, 0.15) is 6.92 Å². The number of carbonyl (C=O) groups excluding carboxylic acids is 1. The van der Waals surface area contributed by atoms with Gasteiger partial charge in [-0.2, -0.15) is 4.68 Å². The van der Waals surface area contributed by atoms with E-state index in [4.69, 9.17) is 11.6 Å². The molecule has 128 valence electrons. The number of nitrogens with zero attached hydrogens (tertiary/aromatic N) is 4. The van der Waals surface area contributed by atoms with Gasteiger partial charge in [-0.3, -0.25) is 4.79 Å². The van der Waals surface area contributed by atoms with Crippen LogP contribution in [0, 0.1) is 5.82 Å². The number of aromatic nitrogens is 4. The molecule has 6 nitrogen and oxygen atoms in total. The predicted octanol–water partition coefficient (Wildman–Crippen LogP) is 3.57. The fourth-order valence-electron chi connectivity index (χ4n) is 2.04. The van der Waals surface area contributed by atoms with E-state index in [1.54, 1.807) is 43.3 Å². The molecule has 2 aromatic carbocycles. The first kappa shape index (κ1) is 17.4. The standard InChI is InChI=1S/C16H13ClFN5OS/c1-10(15(24)19-13-6-2-4-11(17)8-13)25-16-20-21-22-23(16)14-7-3-5-12(18)9-14/h2-10H,1H3,(H,19,24)/t10-/m0/s1. The maximum atomic E-state index is 13.4. The smallest absolute Gasteiger partial charge is 0.237 e. The number of halogens is 2.